The minimum Gasteiger partial charge on any atom is -0.506 e. The number of anilines is 1. The van der Waals surface area contributed by atoms with E-state index in [9.17, 15) is 0 Å². The Morgan fingerprint density at radius 1 is 1.73 bits per heavy atom. The number of hydrogen-bond acceptors (Lipinski definition) is 4. The minimum atomic E-state index is -0.213. The fourth-order valence-electron chi connectivity index (χ4n) is 0.640. The van der Waals surface area contributed by atoms with Crippen LogP contribution in [0, 0.1) is 0 Å². The third-order valence-corrected chi connectivity index (χ3v) is 1.09. The number of aliphatic hydroxyl groups excluding tert-OH is 1. The Balaban J connectivity index is 3.20. The highest BCUT2D eigenvalue weighted by atomic mass is 16.3. The summed E-state index contributed by atoms with van der Waals surface area (Å²) in [5, 5.41) is 8.88. The van der Waals surface area contributed by atoms with E-state index in [1.54, 1.807) is 0 Å². The van der Waals surface area contributed by atoms with Gasteiger partial charge in [0.15, 0.2) is 5.82 Å². The van der Waals surface area contributed by atoms with Crippen LogP contribution < -0.4 is 11.3 Å². The molecule has 11 heavy (non-hydrogen) atoms. The average Bonchev–Trinajstić information content (AvgIpc) is 1.85. The molecular weight excluding hydrogens is 141 g/mol. The summed E-state index contributed by atoms with van der Waals surface area (Å²) < 4.78 is 0. The molecule has 54 valence electrons. The first-order chi connectivity index (χ1) is 5.11. The van der Waals surface area contributed by atoms with Crippen LogP contribution in [-0.2, 0) is 0 Å². The quantitative estimate of drug-likeness (QED) is 0.410. The molecule has 0 unspecified atom stereocenters. The second-order valence-electron chi connectivity index (χ2n) is 1.98. The van der Waals surface area contributed by atoms with Crippen molar-refractivity contribution in [3.8, 4) is 0 Å². The van der Waals surface area contributed by atoms with E-state index in [1.807, 2.05) is 0 Å². The van der Waals surface area contributed by atoms with E-state index in [2.05, 4.69) is 16.5 Å². The van der Waals surface area contributed by atoms with Gasteiger partial charge in [0.2, 0.25) is 0 Å². The number of aromatic nitrogens is 2. The molecule has 0 aromatic carbocycles. The number of nitrogen functional groups attached to an aromatic ring is 1. The summed E-state index contributed by atoms with van der Waals surface area (Å²) >= 11 is 0. The Labute approximate surface area is 65.2 Å². The molecule has 0 aliphatic carbocycles. The summed E-state index contributed by atoms with van der Waals surface area (Å²) in [5.74, 6) is -0.132. The van der Waals surface area contributed by atoms with E-state index >= 15 is 0 Å². The molecule has 0 bridgehead atoms. The van der Waals surface area contributed by atoms with Gasteiger partial charge in [0.05, 0.1) is 0 Å². The monoisotopic (exact) mass is 147 g/mol. The zero-order valence-corrected chi connectivity index (χ0v) is 5.78. The van der Waals surface area contributed by atoms with Gasteiger partial charge in [0, 0.05) is 11.8 Å². The minimum absolute atomic E-state index is 0.0810. The van der Waals surface area contributed by atoms with Crippen molar-refractivity contribution in [1.29, 1.82) is 0 Å². The van der Waals surface area contributed by atoms with Gasteiger partial charge >= 0.3 is 0 Å². The van der Waals surface area contributed by atoms with Gasteiger partial charge in [-0.05, 0) is 0 Å². The number of nitrogens with zero attached hydrogens (tertiary/aromatic N) is 2. The maximum atomic E-state index is 8.88. The Morgan fingerprint density at radius 3 is 2.82 bits per heavy atom. The molecule has 3 N–H and O–H groups in total. The van der Waals surface area contributed by atoms with Gasteiger partial charge in [-0.25, -0.2) is 9.97 Å². The molecule has 0 aliphatic heterocycles. The van der Waals surface area contributed by atoms with Crippen molar-refractivity contribution in [2.24, 2.45) is 0 Å². The fourth-order valence-corrected chi connectivity index (χ4v) is 0.640. The smallest absolute Gasteiger partial charge is 0.152 e. The second-order valence-corrected chi connectivity index (χ2v) is 1.98. The molecule has 0 saturated carbocycles. The van der Waals surface area contributed by atoms with Crippen molar-refractivity contribution in [1.82, 2.24) is 9.97 Å². The molecule has 1 rings (SSSR count). The van der Waals surface area contributed by atoms with Crippen molar-refractivity contribution in [2.45, 2.75) is 0 Å². The van der Waals surface area contributed by atoms with Gasteiger partial charge < -0.3 is 10.8 Å². The highest BCUT2D eigenvalue weighted by Crippen LogP contribution is 2.09. The molecule has 4 nitrogen and oxygen atoms in total. The Bertz CT molecular complexity index is 300. The van der Waals surface area contributed by atoms with E-state index < -0.39 is 0 Å². The zero-order valence-electron chi connectivity index (χ0n) is 5.78. The predicted molar refractivity (Wildman–Crippen MR) is 43.5 cm³/mol. The van der Waals surface area contributed by atoms with Crippen LogP contribution in [0.2, 0.25) is 0 Å². The first kappa shape index (κ1) is 7.59. The van der Waals surface area contributed by atoms with Crippen LogP contribution in [-0.4, -0.2) is 22.9 Å². The third kappa shape index (κ3) is 1.49. The van der Waals surface area contributed by atoms with Gasteiger partial charge in [-0.3, -0.25) is 0 Å². The number of nitrogens with two attached hydrogens (primary N) is 1. The highest BCUT2D eigenvalue weighted by Gasteiger charge is 2.03. The molecule has 0 amide bonds. The lowest BCUT2D eigenvalue weighted by Crippen LogP contribution is -2.13. The maximum absolute atomic E-state index is 8.88. The van der Waals surface area contributed by atoms with Gasteiger partial charge in [-0.1, -0.05) is 6.58 Å². The lowest BCUT2D eigenvalue weighted by atomic mass is 10.1. The van der Waals surface area contributed by atoms with Crippen molar-refractivity contribution in [3.63, 3.8) is 0 Å². The van der Waals surface area contributed by atoms with Crippen LogP contribution in [0.5, 0.6) is 0 Å². The normalized spacial score (nSPS) is 9.45. The Kier molecular flexibility index (Phi) is 1.80. The second kappa shape index (κ2) is 2.61. The molecule has 0 aliphatic rings. The summed E-state index contributed by atoms with van der Waals surface area (Å²) in [6.07, 6.45) is 1.30. The predicted octanol–water partition coefficient (Wildman–Crippen LogP) is -0.619. The Hall–Kier alpha value is -1.52. The summed E-state index contributed by atoms with van der Waals surface area (Å²) in [6, 6.07) is 0. The SMILES string of the molecule is [B]c1cnc(C(=C)O)c(N)n1. The van der Waals surface area contributed by atoms with Crippen molar-refractivity contribution in [3.05, 3.63) is 18.5 Å². The molecule has 1 aromatic rings. The highest BCUT2D eigenvalue weighted by molar-refractivity contribution is 6.30. The summed E-state index contributed by atoms with van der Waals surface area (Å²) in [6.45, 7) is 3.25. The van der Waals surface area contributed by atoms with Crippen LogP contribution >= 0.6 is 0 Å². The maximum Gasteiger partial charge on any atom is 0.152 e. The van der Waals surface area contributed by atoms with Gasteiger partial charge in [0.1, 0.15) is 19.3 Å². The lowest BCUT2D eigenvalue weighted by Gasteiger charge is -2.01. The fraction of sp³-hybridized carbons (Fsp3) is 0. The first-order valence-corrected chi connectivity index (χ1v) is 2.87. The Morgan fingerprint density at radius 2 is 2.36 bits per heavy atom. The standard InChI is InChI=1S/C6H6BN3O/c1-3(11)5-6(8)10-4(7)2-9-5/h2,11H,1H2,(H2,8,10). The average molecular weight is 147 g/mol. The number of hydrogen-bond donors (Lipinski definition) is 2. The van der Waals surface area contributed by atoms with Gasteiger partial charge in [-0.15, -0.1) is 0 Å². The molecule has 5 heteroatoms. The molecule has 1 aromatic heterocycles. The van der Waals surface area contributed by atoms with E-state index in [0.29, 0.717) is 0 Å². The zero-order chi connectivity index (χ0) is 8.43. The van der Waals surface area contributed by atoms with Crippen LogP contribution in [0.3, 0.4) is 0 Å². The van der Waals surface area contributed by atoms with E-state index in [-0.39, 0.29) is 22.9 Å². The molecule has 0 spiro atoms. The summed E-state index contributed by atoms with van der Waals surface area (Å²) in [7, 11) is 5.26. The molecule has 1 heterocycles. The number of aliphatic hydroxyl groups is 1. The van der Waals surface area contributed by atoms with Gasteiger partial charge in [-0.2, -0.15) is 0 Å². The summed E-state index contributed by atoms with van der Waals surface area (Å²) in [4.78, 5) is 7.38. The number of rotatable bonds is 1. The largest absolute Gasteiger partial charge is 0.506 e. The molecule has 0 saturated heterocycles. The van der Waals surface area contributed by atoms with Crippen LogP contribution in [0.15, 0.2) is 12.8 Å². The van der Waals surface area contributed by atoms with E-state index in [0.717, 1.165) is 0 Å². The molecule has 2 radical (unpaired) electrons. The van der Waals surface area contributed by atoms with E-state index in [4.69, 9.17) is 18.7 Å². The lowest BCUT2D eigenvalue weighted by molar-refractivity contribution is 0.510. The van der Waals surface area contributed by atoms with E-state index in [1.165, 1.54) is 6.20 Å². The first-order valence-electron chi connectivity index (χ1n) is 2.87. The topological polar surface area (TPSA) is 72.0 Å². The summed E-state index contributed by atoms with van der Waals surface area (Å²) in [5.41, 5.74) is 5.73. The van der Waals surface area contributed by atoms with Gasteiger partial charge in [0.25, 0.3) is 0 Å². The molecule has 0 atom stereocenters. The molecule has 0 fully saturated rings. The third-order valence-electron chi connectivity index (χ3n) is 1.09. The molecular formula is C6H6BN3O. The van der Waals surface area contributed by atoms with Crippen molar-refractivity contribution < 1.29 is 5.11 Å². The van der Waals surface area contributed by atoms with Crippen molar-refractivity contribution in [2.75, 3.05) is 5.73 Å². The van der Waals surface area contributed by atoms with Crippen LogP contribution in [0.4, 0.5) is 5.82 Å². The van der Waals surface area contributed by atoms with Crippen LogP contribution in [0.1, 0.15) is 5.69 Å². The van der Waals surface area contributed by atoms with Crippen LogP contribution in [0.25, 0.3) is 5.76 Å². The van der Waals surface area contributed by atoms with Crippen molar-refractivity contribution >= 4 is 25.0 Å².